The molecule has 5 heteroatoms. The number of guanidine groups is 1. The molecule has 1 atom stereocenters. The third-order valence-corrected chi connectivity index (χ3v) is 1.91. The van der Waals surface area contributed by atoms with Crippen molar-refractivity contribution in [1.82, 2.24) is 5.32 Å². The van der Waals surface area contributed by atoms with Gasteiger partial charge in [-0.3, -0.25) is 5.41 Å². The summed E-state index contributed by atoms with van der Waals surface area (Å²) < 4.78 is 0. The van der Waals surface area contributed by atoms with Gasteiger partial charge in [0.25, 0.3) is 0 Å². The fraction of sp³-hybridized carbons (Fsp3) is 0.875. The van der Waals surface area contributed by atoms with Crippen LogP contribution in [0.5, 0.6) is 0 Å². The Balaban J connectivity index is 3.49. The van der Waals surface area contributed by atoms with Gasteiger partial charge in [0.1, 0.15) is 0 Å². The molecule has 13 heavy (non-hydrogen) atoms. The largest absolute Gasteiger partial charge is 0.389 e. The van der Waals surface area contributed by atoms with Gasteiger partial charge in [0, 0.05) is 12.6 Å². The van der Waals surface area contributed by atoms with E-state index in [9.17, 15) is 5.11 Å². The van der Waals surface area contributed by atoms with Crippen LogP contribution in [0.1, 0.15) is 26.7 Å². The zero-order chi connectivity index (χ0) is 10.5. The molecule has 0 saturated carbocycles. The van der Waals surface area contributed by atoms with Crippen LogP contribution >= 0.6 is 0 Å². The van der Waals surface area contributed by atoms with Crippen molar-refractivity contribution in [3.05, 3.63) is 0 Å². The molecule has 0 spiro atoms. The number of hydrogen-bond donors (Lipinski definition) is 5. The average molecular weight is 188 g/mol. The Labute approximate surface area is 79.0 Å². The highest BCUT2D eigenvalue weighted by Crippen LogP contribution is 2.10. The second kappa shape index (κ2) is 5.04. The third-order valence-electron chi connectivity index (χ3n) is 1.91. The van der Waals surface area contributed by atoms with Gasteiger partial charge in [-0.25, -0.2) is 0 Å². The Kier molecular flexibility index (Phi) is 4.72. The molecule has 7 N–H and O–H groups in total. The van der Waals surface area contributed by atoms with Gasteiger partial charge in [-0.05, 0) is 26.7 Å². The van der Waals surface area contributed by atoms with Crippen molar-refractivity contribution in [2.75, 3.05) is 6.54 Å². The molecule has 0 aliphatic rings. The van der Waals surface area contributed by atoms with Crippen LogP contribution in [0.15, 0.2) is 0 Å². The SMILES string of the molecule is CC(C)(O)C(N)CCCNC(=N)N. The van der Waals surface area contributed by atoms with Crippen molar-refractivity contribution in [3.63, 3.8) is 0 Å². The lowest BCUT2D eigenvalue weighted by Crippen LogP contribution is -2.43. The van der Waals surface area contributed by atoms with Gasteiger partial charge in [-0.15, -0.1) is 0 Å². The Bertz CT molecular complexity index is 164. The molecule has 5 nitrogen and oxygen atoms in total. The van der Waals surface area contributed by atoms with E-state index in [4.69, 9.17) is 16.9 Å². The second-order valence-corrected chi connectivity index (χ2v) is 3.74. The molecular formula is C8H20N4O. The summed E-state index contributed by atoms with van der Waals surface area (Å²) in [7, 11) is 0. The van der Waals surface area contributed by atoms with E-state index in [0.717, 1.165) is 6.42 Å². The van der Waals surface area contributed by atoms with Gasteiger partial charge in [0.15, 0.2) is 5.96 Å². The van der Waals surface area contributed by atoms with E-state index in [1.54, 1.807) is 13.8 Å². The summed E-state index contributed by atoms with van der Waals surface area (Å²) in [5.41, 5.74) is 9.95. The van der Waals surface area contributed by atoms with E-state index >= 15 is 0 Å². The lowest BCUT2D eigenvalue weighted by atomic mass is 9.96. The number of nitrogens with one attached hydrogen (secondary N) is 2. The molecule has 0 aliphatic carbocycles. The lowest BCUT2D eigenvalue weighted by molar-refractivity contribution is 0.0486. The van der Waals surface area contributed by atoms with Gasteiger partial charge in [-0.1, -0.05) is 0 Å². The van der Waals surface area contributed by atoms with Gasteiger partial charge >= 0.3 is 0 Å². The summed E-state index contributed by atoms with van der Waals surface area (Å²) in [6.45, 7) is 4.01. The Morgan fingerprint density at radius 3 is 2.54 bits per heavy atom. The fourth-order valence-electron chi connectivity index (χ4n) is 0.898. The van der Waals surface area contributed by atoms with E-state index in [0.29, 0.717) is 13.0 Å². The van der Waals surface area contributed by atoms with Crippen molar-refractivity contribution in [2.24, 2.45) is 11.5 Å². The number of nitrogens with two attached hydrogens (primary N) is 2. The van der Waals surface area contributed by atoms with E-state index < -0.39 is 5.60 Å². The van der Waals surface area contributed by atoms with Crippen LogP contribution in [0.3, 0.4) is 0 Å². The highest BCUT2D eigenvalue weighted by atomic mass is 16.3. The first-order valence-corrected chi connectivity index (χ1v) is 4.40. The predicted octanol–water partition coefficient (Wildman–Crippen LogP) is -0.652. The minimum absolute atomic E-state index is 0.0307. The predicted molar refractivity (Wildman–Crippen MR) is 53.4 cm³/mol. The molecule has 0 saturated heterocycles. The normalized spacial score (nSPS) is 13.8. The van der Waals surface area contributed by atoms with Crippen LogP contribution in [0, 0.1) is 5.41 Å². The molecule has 0 rings (SSSR count). The van der Waals surface area contributed by atoms with Crippen LogP contribution in [0.25, 0.3) is 0 Å². The molecule has 0 aliphatic heterocycles. The quantitative estimate of drug-likeness (QED) is 0.224. The summed E-state index contributed by atoms with van der Waals surface area (Å²) in [6.07, 6.45) is 1.51. The molecular weight excluding hydrogens is 168 g/mol. The Morgan fingerprint density at radius 2 is 2.15 bits per heavy atom. The summed E-state index contributed by atoms with van der Waals surface area (Å²) >= 11 is 0. The van der Waals surface area contributed by atoms with Gasteiger partial charge in [0.2, 0.25) is 0 Å². The second-order valence-electron chi connectivity index (χ2n) is 3.74. The highest BCUT2D eigenvalue weighted by molar-refractivity contribution is 5.74. The number of aliphatic hydroxyl groups is 1. The van der Waals surface area contributed by atoms with Crippen LogP contribution < -0.4 is 16.8 Å². The van der Waals surface area contributed by atoms with Crippen LogP contribution in [0.2, 0.25) is 0 Å². The first-order chi connectivity index (χ1) is 5.84. The molecule has 0 heterocycles. The highest BCUT2D eigenvalue weighted by Gasteiger charge is 2.21. The summed E-state index contributed by atoms with van der Waals surface area (Å²) in [4.78, 5) is 0. The molecule has 0 amide bonds. The molecule has 0 fully saturated rings. The summed E-state index contributed by atoms with van der Waals surface area (Å²) in [5, 5.41) is 19.0. The smallest absolute Gasteiger partial charge is 0.185 e. The molecule has 78 valence electrons. The maximum absolute atomic E-state index is 9.48. The maximum Gasteiger partial charge on any atom is 0.185 e. The summed E-state index contributed by atoms with van der Waals surface area (Å²) in [5.74, 6) is -0.0307. The number of rotatable bonds is 5. The zero-order valence-electron chi connectivity index (χ0n) is 8.30. The first kappa shape index (κ1) is 12.2. The molecule has 0 radical (unpaired) electrons. The lowest BCUT2D eigenvalue weighted by Gasteiger charge is -2.25. The molecule has 0 aromatic heterocycles. The van der Waals surface area contributed by atoms with Crippen molar-refractivity contribution >= 4 is 5.96 Å². The minimum atomic E-state index is -0.837. The van der Waals surface area contributed by atoms with Crippen LogP contribution in [0.4, 0.5) is 0 Å². The van der Waals surface area contributed by atoms with E-state index in [1.807, 2.05) is 0 Å². The topological polar surface area (TPSA) is 108 Å². The van der Waals surface area contributed by atoms with Gasteiger partial charge in [0.05, 0.1) is 5.60 Å². The zero-order valence-corrected chi connectivity index (χ0v) is 8.30. The van der Waals surface area contributed by atoms with Crippen LogP contribution in [-0.4, -0.2) is 29.3 Å². The molecule has 0 bridgehead atoms. The Morgan fingerprint density at radius 1 is 1.62 bits per heavy atom. The average Bonchev–Trinajstić information content (AvgIpc) is 1.95. The maximum atomic E-state index is 9.48. The first-order valence-electron chi connectivity index (χ1n) is 4.40. The van der Waals surface area contributed by atoms with E-state index in [2.05, 4.69) is 5.32 Å². The molecule has 0 aromatic rings. The fourth-order valence-corrected chi connectivity index (χ4v) is 0.898. The number of hydrogen-bond acceptors (Lipinski definition) is 3. The van der Waals surface area contributed by atoms with Crippen LogP contribution in [-0.2, 0) is 0 Å². The van der Waals surface area contributed by atoms with Crippen molar-refractivity contribution < 1.29 is 5.11 Å². The van der Waals surface area contributed by atoms with Crippen molar-refractivity contribution in [1.29, 1.82) is 5.41 Å². The van der Waals surface area contributed by atoms with E-state index in [1.165, 1.54) is 0 Å². The Hall–Kier alpha value is -0.810. The van der Waals surface area contributed by atoms with Gasteiger partial charge in [-0.2, -0.15) is 0 Å². The summed E-state index contributed by atoms with van der Waals surface area (Å²) in [6, 6.07) is -0.235. The van der Waals surface area contributed by atoms with Gasteiger partial charge < -0.3 is 21.9 Å². The molecule has 0 aromatic carbocycles. The molecule has 1 unspecified atom stereocenters. The third kappa shape index (κ3) is 6.36. The monoisotopic (exact) mass is 188 g/mol. The van der Waals surface area contributed by atoms with Crippen molar-refractivity contribution in [2.45, 2.75) is 38.3 Å². The van der Waals surface area contributed by atoms with E-state index in [-0.39, 0.29) is 12.0 Å². The standard InChI is InChI=1S/C8H20N4O/c1-8(2,13)6(9)4-3-5-12-7(10)11/h6,13H,3-5,9H2,1-2H3,(H4,10,11,12). The van der Waals surface area contributed by atoms with Crippen molar-refractivity contribution in [3.8, 4) is 0 Å². The minimum Gasteiger partial charge on any atom is -0.389 e.